The Morgan fingerprint density at radius 3 is 0.986 bits per heavy atom. The maximum atomic E-state index is 6.26. The summed E-state index contributed by atoms with van der Waals surface area (Å²) in [5.74, 6) is 5.75. The molecule has 0 aliphatic heterocycles. The van der Waals surface area contributed by atoms with E-state index in [4.69, 9.17) is 49.3 Å². The van der Waals surface area contributed by atoms with Crippen molar-refractivity contribution in [2.24, 2.45) is 0 Å². The number of fused-ring (bicyclic) bond motifs is 9. The zero-order valence-corrected chi connectivity index (χ0v) is 85.3. The fourth-order valence-electron chi connectivity index (χ4n) is 20.1. The van der Waals surface area contributed by atoms with Crippen LogP contribution in [0.5, 0.6) is 0 Å². The first-order valence-electron chi connectivity index (χ1n) is 49.2. The molecule has 27 aromatic rings. The summed E-state index contributed by atoms with van der Waals surface area (Å²) in [5, 5.41) is 11.8. The number of hydrogen-bond acceptors (Lipinski definition) is 10. The van der Waals surface area contributed by atoms with Gasteiger partial charge in [-0.1, -0.05) is 97.1 Å². The third-order valence-electron chi connectivity index (χ3n) is 27.2. The van der Waals surface area contributed by atoms with E-state index in [2.05, 4.69) is 366 Å². The predicted octanol–water partition coefficient (Wildman–Crippen LogP) is 31.7. The van der Waals surface area contributed by atoms with Crippen LogP contribution in [0.2, 0.25) is 0 Å². The first-order valence-corrected chi connectivity index (χ1v) is 52.8. The van der Waals surface area contributed by atoms with E-state index in [1.165, 1.54) is 127 Å². The average molecular weight is 2090 g/mol. The standard InChI is InChI=1S/C49H29N3OSe.2C43H29N3Se/c1-3-13-30(14-4-1)34-19-10-22-37-38-23-11-21-36(46(38)54-45(34)37)35-20-9-17-31-27-28-33(29-41(31)35)48-50-47(32-15-5-2-6-16-32)51-49(52-48)40-24-12-26-43-44(40)39-18-7-8-25-42(39)53-43;47-40-35(30-16-7-2-8-17-30)22-13-23-38(40)37-27-26-34(29-14-5-1-6-15-29)36-25-24-33(28-39(36)37)43-45-41(31-18-9-3-10-19-31)44-42(46-43)32-20-11-4-12-21-32;47-40-37(29-14-4-1-5-15-29)24-13-25-38(40)39-28-35(27-33-20-10-11-23-36(33)39)32-21-12-22-34(26-32)43-45-41(30-16-6-2-7-17-30)44-42(46-43)31-18-8-3-9-19-31/h1-29H;2*1-28,47H. The van der Waals surface area contributed by atoms with E-state index in [9.17, 15) is 0 Å². The predicted molar refractivity (Wildman–Crippen MR) is 617 cm³/mol. The molecule has 0 radical (unpaired) electrons. The molecule has 5 heterocycles. The Kier molecular flexibility index (Phi) is 25.1. The van der Waals surface area contributed by atoms with Crippen LogP contribution in [0, 0.1) is 0 Å². The summed E-state index contributed by atoms with van der Waals surface area (Å²) >= 11 is 5.78. The zero-order valence-electron chi connectivity index (χ0n) is 79.8. The molecule has 0 spiro atoms. The maximum absolute atomic E-state index is 6.26. The molecule has 10 nitrogen and oxygen atoms in total. The van der Waals surface area contributed by atoms with Crippen molar-refractivity contribution < 1.29 is 4.42 Å². The third-order valence-corrected chi connectivity index (χ3v) is 32.0. The summed E-state index contributed by atoms with van der Waals surface area (Å²) in [7, 11) is 0. The Morgan fingerprint density at radius 2 is 0.466 bits per heavy atom. The molecular weight excluding hydrogens is 2000 g/mol. The van der Waals surface area contributed by atoms with Crippen molar-refractivity contribution in [2.45, 2.75) is 0 Å². The van der Waals surface area contributed by atoms with E-state index < -0.39 is 0 Å². The molecule has 148 heavy (non-hydrogen) atoms. The Bertz CT molecular complexity index is 9550. The minimum atomic E-state index is 0.138. The number of benzene rings is 22. The van der Waals surface area contributed by atoms with Gasteiger partial charge in [-0.25, -0.2) is 0 Å². The van der Waals surface area contributed by atoms with Crippen LogP contribution in [0.15, 0.2) is 520 Å². The average Bonchev–Trinajstić information content (AvgIpc) is 1.50. The van der Waals surface area contributed by atoms with Gasteiger partial charge in [-0.3, -0.25) is 0 Å². The van der Waals surface area contributed by atoms with Gasteiger partial charge in [0.1, 0.15) is 5.58 Å². The van der Waals surface area contributed by atoms with Crippen molar-refractivity contribution >= 4 is 129 Å². The minimum absolute atomic E-state index is 0.138. The van der Waals surface area contributed by atoms with Crippen LogP contribution in [0.3, 0.4) is 0 Å². The molecule has 0 fully saturated rings. The van der Waals surface area contributed by atoms with Gasteiger partial charge in [0.15, 0.2) is 0 Å². The Morgan fingerprint density at radius 1 is 0.149 bits per heavy atom. The van der Waals surface area contributed by atoms with Gasteiger partial charge in [0.2, 0.25) is 0 Å². The molecule has 0 aliphatic carbocycles. The van der Waals surface area contributed by atoms with Gasteiger partial charge in [-0.15, -0.1) is 0 Å². The molecule has 0 unspecified atom stereocenters. The number of rotatable bonds is 17. The van der Waals surface area contributed by atoms with E-state index >= 15 is 0 Å². The van der Waals surface area contributed by atoms with Gasteiger partial charge >= 0.3 is 766 Å². The summed E-state index contributed by atoms with van der Waals surface area (Å²) in [6.45, 7) is 0. The van der Waals surface area contributed by atoms with Crippen LogP contribution in [0.25, 0.3) is 265 Å². The fourth-order valence-corrected chi connectivity index (χ4v) is 24.6. The van der Waals surface area contributed by atoms with Crippen LogP contribution in [-0.2, 0) is 0 Å². The molecule has 0 aliphatic rings. The summed E-state index contributed by atoms with van der Waals surface area (Å²) in [6.07, 6.45) is 0. The van der Waals surface area contributed by atoms with Crippen molar-refractivity contribution in [1.29, 1.82) is 0 Å². The van der Waals surface area contributed by atoms with Crippen molar-refractivity contribution in [1.82, 2.24) is 44.9 Å². The molecule has 0 saturated carbocycles. The quantitative estimate of drug-likeness (QED) is 0.0813. The molecule has 13 heteroatoms. The molecule has 22 aromatic carbocycles. The fraction of sp³-hybridized carbons (Fsp3) is 0. The van der Waals surface area contributed by atoms with Crippen LogP contribution in [-0.4, -0.2) is 91.4 Å². The first kappa shape index (κ1) is 91.2. The van der Waals surface area contributed by atoms with Crippen molar-refractivity contribution in [3.63, 3.8) is 0 Å². The SMILES string of the molecule is [SeH]c1c(-c2ccccc2)cccc1-c1cc(-c2cccc(-c3nc(-c4ccccc4)nc(-c4ccccc4)n3)c2)cc2ccccc12.[SeH]c1c(-c2ccccc2)cccc1-c1ccc(-c2ccccc2)c2ccc(-c3nc(-c4ccccc4)nc(-c4ccccc4)n3)cc12.c1ccc(-c2nc(-c3ccc4cccc(-c5cccc6c5[se]c5c(-c7ccccc7)cccc56)c4c3)nc(-c3cccc4oc5ccccc5c34)n2)cc1. The van der Waals surface area contributed by atoms with Gasteiger partial charge in [0, 0.05) is 0 Å². The summed E-state index contributed by atoms with van der Waals surface area (Å²) in [4.78, 5) is 45.2. The monoisotopic (exact) mass is 2090 g/mol. The molecule has 27 rings (SSSR count). The number of para-hydroxylation sites is 1. The number of furan rings is 1. The van der Waals surface area contributed by atoms with E-state index in [0.717, 1.165) is 94.1 Å². The van der Waals surface area contributed by atoms with E-state index in [1.807, 2.05) is 182 Å². The van der Waals surface area contributed by atoms with Gasteiger partial charge < -0.3 is 4.42 Å². The number of hydrogen-bond donors (Lipinski definition) is 0. The van der Waals surface area contributed by atoms with E-state index in [-0.39, 0.29) is 14.5 Å². The van der Waals surface area contributed by atoms with Crippen LogP contribution in [0.4, 0.5) is 0 Å². The van der Waals surface area contributed by atoms with Crippen molar-refractivity contribution in [2.75, 3.05) is 0 Å². The molecular formula is C135H87N9OSe3. The third kappa shape index (κ3) is 18.2. The molecule has 0 amide bonds. The molecule has 0 saturated heterocycles. The van der Waals surface area contributed by atoms with Crippen LogP contribution >= 0.6 is 0 Å². The van der Waals surface area contributed by atoms with E-state index in [0.29, 0.717) is 52.4 Å². The second-order valence-electron chi connectivity index (χ2n) is 36.3. The molecule has 0 N–H and O–H groups in total. The van der Waals surface area contributed by atoms with Crippen molar-refractivity contribution in [3.05, 3.63) is 516 Å². The van der Waals surface area contributed by atoms with E-state index in [1.54, 1.807) is 0 Å². The summed E-state index contributed by atoms with van der Waals surface area (Å²) in [6, 6.07) is 180. The van der Waals surface area contributed by atoms with Gasteiger partial charge in [0.05, 0.1) is 0 Å². The Hall–Kier alpha value is -18.0. The normalized spacial score (nSPS) is 11.3. The molecule has 0 bridgehead atoms. The molecule has 0 atom stereocenters. The van der Waals surface area contributed by atoms with Gasteiger partial charge in [0.25, 0.3) is 0 Å². The number of nitrogens with zero attached hydrogens (tertiary/aromatic N) is 9. The number of aromatic nitrogens is 9. The topological polar surface area (TPSA) is 129 Å². The van der Waals surface area contributed by atoms with Crippen LogP contribution in [0.1, 0.15) is 0 Å². The van der Waals surface area contributed by atoms with Gasteiger partial charge in [-0.2, -0.15) is 0 Å². The summed E-state index contributed by atoms with van der Waals surface area (Å²) < 4.78 is 11.5. The second kappa shape index (κ2) is 40.7. The first-order chi connectivity index (χ1) is 73.2. The van der Waals surface area contributed by atoms with Crippen LogP contribution < -0.4 is 8.92 Å². The molecule has 696 valence electrons. The van der Waals surface area contributed by atoms with Crippen molar-refractivity contribution in [3.8, 4) is 192 Å². The van der Waals surface area contributed by atoms with Gasteiger partial charge in [-0.05, 0) is 12.1 Å². The molecule has 5 aromatic heterocycles. The zero-order chi connectivity index (χ0) is 98.7. The second-order valence-corrected chi connectivity index (χ2v) is 40.4. The Balaban J connectivity index is 0.000000116. The summed E-state index contributed by atoms with van der Waals surface area (Å²) in [5.41, 5.74) is 29.4. The Labute approximate surface area is 878 Å².